The standard InChI is InChI=1S/C9H17NO4S/c1-9(3-4-9)5-7-15(13,14)10-6-2-8(11)12/h10H,2-7H2,1H3,(H,11,12). The zero-order valence-corrected chi connectivity index (χ0v) is 9.64. The third-order valence-electron chi connectivity index (χ3n) is 2.74. The first kappa shape index (κ1) is 12.4. The van der Waals surface area contributed by atoms with E-state index in [1.165, 1.54) is 0 Å². The van der Waals surface area contributed by atoms with Crippen LogP contribution in [0.4, 0.5) is 0 Å². The lowest BCUT2D eigenvalue weighted by molar-refractivity contribution is -0.136. The van der Waals surface area contributed by atoms with Crippen LogP contribution in [0, 0.1) is 5.41 Å². The van der Waals surface area contributed by atoms with Crippen LogP contribution in [-0.4, -0.2) is 31.8 Å². The number of rotatable bonds is 7. The Morgan fingerprint density at radius 1 is 1.47 bits per heavy atom. The smallest absolute Gasteiger partial charge is 0.304 e. The average Bonchev–Trinajstić information content (AvgIpc) is 2.81. The summed E-state index contributed by atoms with van der Waals surface area (Å²) in [5.74, 6) is -0.893. The van der Waals surface area contributed by atoms with E-state index in [0.717, 1.165) is 12.8 Å². The van der Waals surface area contributed by atoms with Crippen molar-refractivity contribution in [3.63, 3.8) is 0 Å². The van der Waals surface area contributed by atoms with Crippen molar-refractivity contribution in [1.82, 2.24) is 4.72 Å². The molecule has 1 aliphatic carbocycles. The van der Waals surface area contributed by atoms with E-state index in [9.17, 15) is 13.2 Å². The molecular formula is C9H17NO4S. The van der Waals surface area contributed by atoms with Crippen molar-refractivity contribution in [2.45, 2.75) is 32.6 Å². The Balaban J connectivity index is 2.22. The second kappa shape index (κ2) is 4.49. The fourth-order valence-corrected chi connectivity index (χ4v) is 2.55. The van der Waals surface area contributed by atoms with Crippen molar-refractivity contribution in [2.75, 3.05) is 12.3 Å². The fourth-order valence-electron chi connectivity index (χ4n) is 1.23. The van der Waals surface area contributed by atoms with E-state index in [4.69, 9.17) is 5.11 Å². The van der Waals surface area contributed by atoms with Crippen molar-refractivity contribution in [3.8, 4) is 0 Å². The SMILES string of the molecule is CC1(CCS(=O)(=O)NCCC(=O)O)CC1. The van der Waals surface area contributed by atoms with Crippen LogP contribution >= 0.6 is 0 Å². The van der Waals surface area contributed by atoms with Crippen molar-refractivity contribution in [1.29, 1.82) is 0 Å². The number of carboxylic acid groups (broad SMARTS) is 1. The molecule has 1 aliphatic rings. The molecule has 0 aromatic heterocycles. The van der Waals surface area contributed by atoms with Crippen LogP contribution in [0.5, 0.6) is 0 Å². The lowest BCUT2D eigenvalue weighted by Gasteiger charge is -2.09. The molecule has 0 aliphatic heterocycles. The monoisotopic (exact) mass is 235 g/mol. The van der Waals surface area contributed by atoms with Gasteiger partial charge in [0.2, 0.25) is 10.0 Å². The minimum Gasteiger partial charge on any atom is -0.481 e. The first-order chi connectivity index (χ1) is 6.83. The predicted molar refractivity (Wildman–Crippen MR) is 56.0 cm³/mol. The van der Waals surface area contributed by atoms with Crippen LogP contribution in [0.3, 0.4) is 0 Å². The van der Waals surface area contributed by atoms with Gasteiger partial charge in [-0.3, -0.25) is 4.79 Å². The molecule has 1 saturated carbocycles. The minimum atomic E-state index is -3.28. The van der Waals surface area contributed by atoms with Gasteiger partial charge in [-0.2, -0.15) is 0 Å². The molecule has 0 radical (unpaired) electrons. The summed E-state index contributed by atoms with van der Waals surface area (Å²) < 4.78 is 25.0. The average molecular weight is 235 g/mol. The van der Waals surface area contributed by atoms with E-state index >= 15 is 0 Å². The van der Waals surface area contributed by atoms with Crippen molar-refractivity contribution in [2.24, 2.45) is 5.41 Å². The van der Waals surface area contributed by atoms with Gasteiger partial charge < -0.3 is 5.11 Å². The molecule has 5 nitrogen and oxygen atoms in total. The lowest BCUT2D eigenvalue weighted by atomic mass is 10.1. The third kappa shape index (κ3) is 5.13. The molecule has 88 valence electrons. The molecule has 6 heteroatoms. The highest BCUT2D eigenvalue weighted by molar-refractivity contribution is 7.89. The first-order valence-corrected chi connectivity index (χ1v) is 6.67. The maximum Gasteiger partial charge on any atom is 0.304 e. The summed E-state index contributed by atoms with van der Waals surface area (Å²) in [7, 11) is -3.28. The van der Waals surface area contributed by atoms with Gasteiger partial charge in [0.25, 0.3) is 0 Å². The molecule has 2 N–H and O–H groups in total. The molecule has 0 aromatic carbocycles. The Morgan fingerprint density at radius 3 is 2.53 bits per heavy atom. The minimum absolute atomic E-state index is 0.0195. The Morgan fingerprint density at radius 2 is 2.07 bits per heavy atom. The summed E-state index contributed by atoms with van der Waals surface area (Å²) in [6.07, 6.45) is 2.68. The molecule has 0 saturated heterocycles. The second-order valence-electron chi connectivity index (χ2n) is 4.42. The molecule has 0 amide bonds. The molecule has 0 unspecified atom stereocenters. The van der Waals surface area contributed by atoms with Gasteiger partial charge in [-0.15, -0.1) is 0 Å². The topological polar surface area (TPSA) is 83.5 Å². The zero-order valence-electron chi connectivity index (χ0n) is 8.82. The highest BCUT2D eigenvalue weighted by Crippen LogP contribution is 2.48. The molecular weight excluding hydrogens is 218 g/mol. The largest absolute Gasteiger partial charge is 0.481 e. The lowest BCUT2D eigenvalue weighted by Crippen LogP contribution is -2.29. The Labute approximate surface area is 89.9 Å². The van der Waals surface area contributed by atoms with Gasteiger partial charge >= 0.3 is 5.97 Å². The predicted octanol–water partition coefficient (Wildman–Crippen LogP) is 0.571. The number of nitrogens with one attached hydrogen (secondary N) is 1. The summed E-state index contributed by atoms with van der Waals surface area (Å²) in [5, 5.41) is 8.34. The zero-order chi connectivity index (χ0) is 11.5. The Hall–Kier alpha value is -0.620. The number of carbonyl (C=O) groups is 1. The summed E-state index contributed by atoms with van der Waals surface area (Å²) in [6, 6.07) is 0. The molecule has 1 fully saturated rings. The second-order valence-corrected chi connectivity index (χ2v) is 6.34. The van der Waals surface area contributed by atoms with Gasteiger partial charge in [-0.1, -0.05) is 6.92 Å². The molecule has 0 spiro atoms. The van der Waals surface area contributed by atoms with Crippen LogP contribution in [-0.2, 0) is 14.8 Å². The number of hydrogen-bond donors (Lipinski definition) is 2. The highest BCUT2D eigenvalue weighted by atomic mass is 32.2. The molecule has 0 aromatic rings. The summed E-state index contributed by atoms with van der Waals surface area (Å²) >= 11 is 0. The van der Waals surface area contributed by atoms with E-state index in [2.05, 4.69) is 11.6 Å². The van der Waals surface area contributed by atoms with Crippen LogP contribution < -0.4 is 4.72 Å². The molecule has 1 rings (SSSR count). The molecule has 0 heterocycles. The number of aliphatic carboxylic acids is 1. The number of hydrogen-bond acceptors (Lipinski definition) is 3. The van der Waals surface area contributed by atoms with Gasteiger partial charge in [0.15, 0.2) is 0 Å². The molecule has 15 heavy (non-hydrogen) atoms. The maximum absolute atomic E-state index is 11.4. The third-order valence-corrected chi connectivity index (χ3v) is 4.12. The summed E-state index contributed by atoms with van der Waals surface area (Å²) in [4.78, 5) is 10.2. The Kier molecular flexibility index (Phi) is 3.72. The normalized spacial score (nSPS) is 18.7. The maximum atomic E-state index is 11.4. The van der Waals surface area contributed by atoms with E-state index < -0.39 is 16.0 Å². The van der Waals surface area contributed by atoms with Crippen molar-refractivity contribution >= 4 is 16.0 Å². The summed E-state index contributed by atoms with van der Waals surface area (Å²) in [5.41, 5.74) is 0.210. The number of sulfonamides is 1. The highest BCUT2D eigenvalue weighted by Gasteiger charge is 2.37. The van der Waals surface area contributed by atoms with E-state index in [1.807, 2.05) is 0 Å². The van der Waals surface area contributed by atoms with Crippen LogP contribution in [0.2, 0.25) is 0 Å². The van der Waals surface area contributed by atoms with Gasteiger partial charge in [0.05, 0.1) is 12.2 Å². The first-order valence-electron chi connectivity index (χ1n) is 5.02. The van der Waals surface area contributed by atoms with Gasteiger partial charge in [-0.25, -0.2) is 13.1 Å². The molecule has 0 bridgehead atoms. The summed E-state index contributed by atoms with van der Waals surface area (Å²) in [6.45, 7) is 2.05. The fraction of sp³-hybridized carbons (Fsp3) is 0.889. The quantitative estimate of drug-likeness (QED) is 0.675. The van der Waals surface area contributed by atoms with Gasteiger partial charge in [0.1, 0.15) is 0 Å². The van der Waals surface area contributed by atoms with Gasteiger partial charge in [0, 0.05) is 6.54 Å². The Bertz CT molecular complexity index is 332. The van der Waals surface area contributed by atoms with E-state index in [0.29, 0.717) is 6.42 Å². The molecule has 0 atom stereocenters. The van der Waals surface area contributed by atoms with E-state index in [-0.39, 0.29) is 24.1 Å². The van der Waals surface area contributed by atoms with Crippen molar-refractivity contribution < 1.29 is 18.3 Å². The van der Waals surface area contributed by atoms with Crippen LogP contribution in [0.15, 0.2) is 0 Å². The van der Waals surface area contributed by atoms with Crippen molar-refractivity contribution in [3.05, 3.63) is 0 Å². The van der Waals surface area contributed by atoms with Crippen LogP contribution in [0.25, 0.3) is 0 Å². The van der Waals surface area contributed by atoms with Crippen LogP contribution in [0.1, 0.15) is 32.6 Å². The van der Waals surface area contributed by atoms with Gasteiger partial charge in [-0.05, 0) is 24.7 Å². The van der Waals surface area contributed by atoms with E-state index in [1.54, 1.807) is 0 Å². The number of carboxylic acids is 1.